The summed E-state index contributed by atoms with van der Waals surface area (Å²) >= 11 is 0. The number of nitrogens with zero attached hydrogens (tertiary/aromatic N) is 1. The van der Waals surface area contributed by atoms with E-state index < -0.39 is 22.7 Å². The number of amides is 1. The average molecular weight is 256 g/mol. The van der Waals surface area contributed by atoms with Gasteiger partial charge >= 0.3 is 0 Å². The summed E-state index contributed by atoms with van der Waals surface area (Å²) in [6, 6.07) is 2.91. The van der Waals surface area contributed by atoms with E-state index in [1.807, 2.05) is 0 Å². The summed E-state index contributed by atoms with van der Waals surface area (Å²) < 4.78 is 24.4. The van der Waals surface area contributed by atoms with E-state index in [4.69, 9.17) is 0 Å². The van der Waals surface area contributed by atoms with E-state index in [0.29, 0.717) is 24.3 Å². The fraction of sp³-hybridized carbons (Fsp3) is 0.455. The minimum absolute atomic E-state index is 0.0141. The van der Waals surface area contributed by atoms with E-state index in [1.54, 1.807) is 0 Å². The first-order valence-corrected chi connectivity index (χ1v) is 6.92. The zero-order valence-corrected chi connectivity index (χ0v) is 10.0. The van der Waals surface area contributed by atoms with Gasteiger partial charge in [0, 0.05) is 34.5 Å². The van der Waals surface area contributed by atoms with Crippen molar-refractivity contribution in [2.75, 3.05) is 11.5 Å². The molecule has 0 saturated carbocycles. The third-order valence-corrected chi connectivity index (χ3v) is 4.11. The van der Waals surface area contributed by atoms with Crippen molar-refractivity contribution in [1.82, 2.24) is 10.3 Å². The highest BCUT2D eigenvalue weighted by Crippen LogP contribution is 2.11. The van der Waals surface area contributed by atoms with Gasteiger partial charge in [-0.3, -0.25) is 9.00 Å². The number of rotatable bonds is 2. The maximum Gasteiger partial charge on any atom is 0.256 e. The quantitative estimate of drug-likeness (QED) is 0.798. The summed E-state index contributed by atoms with van der Waals surface area (Å²) in [5, 5.41) is 2.74. The van der Waals surface area contributed by atoms with Gasteiger partial charge in [-0.05, 0) is 25.0 Å². The summed E-state index contributed by atoms with van der Waals surface area (Å²) in [4.78, 5) is 15.2. The molecule has 1 aromatic heterocycles. The molecule has 1 fully saturated rings. The molecule has 0 aliphatic carbocycles. The zero-order valence-electron chi connectivity index (χ0n) is 9.19. The summed E-state index contributed by atoms with van der Waals surface area (Å²) in [6.07, 6.45) is 2.66. The van der Waals surface area contributed by atoms with Crippen LogP contribution in [0.15, 0.2) is 18.3 Å². The van der Waals surface area contributed by atoms with Gasteiger partial charge in [0.15, 0.2) is 0 Å². The van der Waals surface area contributed by atoms with Crippen molar-refractivity contribution in [1.29, 1.82) is 0 Å². The molecule has 0 bridgehead atoms. The van der Waals surface area contributed by atoms with E-state index in [1.165, 1.54) is 18.3 Å². The predicted octanol–water partition coefficient (Wildman–Crippen LogP) is 0.862. The SMILES string of the molecule is O=C(NC1CCS(=O)CC1)c1cccnc1F. The first kappa shape index (κ1) is 12.2. The number of aromatic nitrogens is 1. The molecule has 1 aliphatic heterocycles. The third kappa shape index (κ3) is 3.09. The Morgan fingerprint density at radius 3 is 2.82 bits per heavy atom. The molecule has 0 spiro atoms. The minimum Gasteiger partial charge on any atom is -0.349 e. The van der Waals surface area contributed by atoms with Crippen LogP contribution in [0.3, 0.4) is 0 Å². The zero-order chi connectivity index (χ0) is 12.3. The van der Waals surface area contributed by atoms with Crippen LogP contribution < -0.4 is 5.32 Å². The molecule has 4 nitrogen and oxygen atoms in total. The monoisotopic (exact) mass is 256 g/mol. The molecule has 0 aromatic carbocycles. The Kier molecular flexibility index (Phi) is 3.83. The lowest BCUT2D eigenvalue weighted by molar-refractivity contribution is 0.0929. The molecule has 92 valence electrons. The minimum atomic E-state index is -0.762. The molecule has 6 heteroatoms. The molecule has 0 radical (unpaired) electrons. The van der Waals surface area contributed by atoms with Crippen LogP contribution in [0, 0.1) is 5.95 Å². The van der Waals surface area contributed by atoms with Crippen LogP contribution in [0.5, 0.6) is 0 Å². The predicted molar refractivity (Wildman–Crippen MR) is 62.6 cm³/mol. The van der Waals surface area contributed by atoms with Crippen LogP contribution in [0.25, 0.3) is 0 Å². The average Bonchev–Trinajstić information content (AvgIpc) is 2.32. The highest BCUT2D eigenvalue weighted by Gasteiger charge is 2.21. The van der Waals surface area contributed by atoms with Gasteiger partial charge < -0.3 is 5.32 Å². The van der Waals surface area contributed by atoms with Crippen molar-refractivity contribution in [3.63, 3.8) is 0 Å². The topological polar surface area (TPSA) is 59.1 Å². The van der Waals surface area contributed by atoms with Crippen molar-refractivity contribution >= 4 is 16.7 Å². The Labute approximate surface area is 101 Å². The summed E-state index contributed by atoms with van der Waals surface area (Å²) in [6.45, 7) is 0. The van der Waals surface area contributed by atoms with Crippen LogP contribution in [-0.2, 0) is 10.8 Å². The molecule has 1 aromatic rings. The number of halogens is 1. The lowest BCUT2D eigenvalue weighted by atomic mass is 10.1. The van der Waals surface area contributed by atoms with Crippen molar-refractivity contribution in [2.24, 2.45) is 0 Å². The van der Waals surface area contributed by atoms with Crippen LogP contribution in [0.1, 0.15) is 23.2 Å². The Morgan fingerprint density at radius 2 is 2.18 bits per heavy atom. The van der Waals surface area contributed by atoms with Gasteiger partial charge in [0.25, 0.3) is 5.91 Å². The normalized spacial score (nSPS) is 24.3. The lowest BCUT2D eigenvalue weighted by Gasteiger charge is -2.22. The first-order valence-electron chi connectivity index (χ1n) is 5.43. The highest BCUT2D eigenvalue weighted by molar-refractivity contribution is 7.85. The molecule has 2 rings (SSSR count). The molecule has 0 atom stereocenters. The molecule has 1 aliphatic rings. The largest absolute Gasteiger partial charge is 0.349 e. The second-order valence-electron chi connectivity index (χ2n) is 3.94. The number of carbonyl (C=O) groups excluding carboxylic acids is 1. The van der Waals surface area contributed by atoms with Crippen molar-refractivity contribution in [3.05, 3.63) is 29.8 Å². The fourth-order valence-electron chi connectivity index (χ4n) is 1.76. The summed E-state index contributed by atoms with van der Waals surface area (Å²) in [7, 11) is -0.762. The Morgan fingerprint density at radius 1 is 1.47 bits per heavy atom. The Bertz CT molecular complexity index is 443. The molecule has 1 amide bonds. The smallest absolute Gasteiger partial charge is 0.256 e. The first-order chi connectivity index (χ1) is 8.16. The van der Waals surface area contributed by atoms with E-state index in [-0.39, 0.29) is 11.6 Å². The van der Waals surface area contributed by atoms with Crippen LogP contribution >= 0.6 is 0 Å². The van der Waals surface area contributed by atoms with E-state index in [0.717, 1.165) is 0 Å². The molecular formula is C11H13FN2O2S. The van der Waals surface area contributed by atoms with Crippen molar-refractivity contribution in [2.45, 2.75) is 18.9 Å². The third-order valence-electron chi connectivity index (χ3n) is 2.73. The van der Waals surface area contributed by atoms with Crippen molar-refractivity contribution in [3.8, 4) is 0 Å². The van der Waals surface area contributed by atoms with Crippen LogP contribution in [-0.4, -0.2) is 32.6 Å². The van der Waals surface area contributed by atoms with Gasteiger partial charge in [0.1, 0.15) is 0 Å². The van der Waals surface area contributed by atoms with Gasteiger partial charge in [-0.15, -0.1) is 0 Å². The molecule has 1 saturated heterocycles. The molecule has 2 heterocycles. The van der Waals surface area contributed by atoms with E-state index >= 15 is 0 Å². The van der Waals surface area contributed by atoms with Gasteiger partial charge in [0.05, 0.1) is 5.56 Å². The molecule has 1 N–H and O–H groups in total. The Balaban J connectivity index is 1.98. The number of pyridine rings is 1. The van der Waals surface area contributed by atoms with Gasteiger partial charge in [-0.1, -0.05) is 0 Å². The van der Waals surface area contributed by atoms with Crippen molar-refractivity contribution < 1.29 is 13.4 Å². The maximum atomic E-state index is 13.2. The maximum absolute atomic E-state index is 13.2. The Hall–Kier alpha value is -1.30. The number of carbonyl (C=O) groups is 1. The second-order valence-corrected chi connectivity index (χ2v) is 5.63. The summed E-state index contributed by atoms with van der Waals surface area (Å²) in [5.74, 6) is -0.0151. The van der Waals surface area contributed by atoms with E-state index in [2.05, 4.69) is 10.3 Å². The number of hydrogen-bond donors (Lipinski definition) is 1. The lowest BCUT2D eigenvalue weighted by Crippen LogP contribution is -2.39. The fourth-order valence-corrected chi connectivity index (χ4v) is 3.06. The molecule has 0 unspecified atom stereocenters. The van der Waals surface area contributed by atoms with Gasteiger partial charge in [-0.25, -0.2) is 4.98 Å². The second kappa shape index (κ2) is 5.35. The number of nitrogens with one attached hydrogen (secondary N) is 1. The van der Waals surface area contributed by atoms with E-state index in [9.17, 15) is 13.4 Å². The van der Waals surface area contributed by atoms with Gasteiger partial charge in [-0.2, -0.15) is 4.39 Å². The highest BCUT2D eigenvalue weighted by atomic mass is 32.2. The molecular weight excluding hydrogens is 243 g/mol. The van der Waals surface area contributed by atoms with Crippen LogP contribution in [0.4, 0.5) is 4.39 Å². The van der Waals surface area contributed by atoms with Crippen LogP contribution in [0.2, 0.25) is 0 Å². The standard InChI is InChI=1S/C11H13FN2O2S/c12-10-9(2-1-5-13-10)11(15)14-8-3-6-17(16)7-4-8/h1-2,5,8H,3-4,6-7H2,(H,14,15). The summed E-state index contributed by atoms with van der Waals surface area (Å²) in [5.41, 5.74) is -0.0424. The molecule has 17 heavy (non-hydrogen) atoms. The van der Waals surface area contributed by atoms with Gasteiger partial charge in [0.2, 0.25) is 5.95 Å². The number of hydrogen-bond acceptors (Lipinski definition) is 3.